The van der Waals surface area contributed by atoms with Crippen LogP contribution in [0.2, 0.25) is 0 Å². The van der Waals surface area contributed by atoms with Crippen molar-refractivity contribution in [3.63, 3.8) is 0 Å². The standard InChI is InChI=1S/C33H40O17/c1-43-20-12-18(13-21(44-2)30(20)45-3)7-11-25(38)48-31-27(40)22(14-34)49-33(31,16-35)50-32-29(42)28(41)26(39)23(47-32)15-46-24(37)10-6-17-4-8-19(36)9-5-17/h4-13,22-23,26-29,31-32,34-36,39-42H,14-16H2,1-3H3/t22-,23-,26-,27-,28+,29-,31+,32-,33+/m1/s1. The van der Waals surface area contributed by atoms with Gasteiger partial charge < -0.3 is 73.6 Å². The molecule has 0 amide bonds. The summed E-state index contributed by atoms with van der Waals surface area (Å²) in [5.41, 5.74) is 0.994. The molecule has 274 valence electrons. The third-order valence-corrected chi connectivity index (χ3v) is 7.90. The van der Waals surface area contributed by atoms with Crippen LogP contribution in [0.5, 0.6) is 23.0 Å². The summed E-state index contributed by atoms with van der Waals surface area (Å²) in [6.07, 6.45) is -9.36. The summed E-state index contributed by atoms with van der Waals surface area (Å²) in [4.78, 5) is 25.3. The van der Waals surface area contributed by atoms with Gasteiger partial charge >= 0.3 is 11.9 Å². The molecular weight excluding hydrogens is 668 g/mol. The van der Waals surface area contributed by atoms with Gasteiger partial charge in [0.2, 0.25) is 11.5 Å². The molecule has 17 nitrogen and oxygen atoms in total. The van der Waals surface area contributed by atoms with E-state index in [0.29, 0.717) is 28.4 Å². The maximum atomic E-state index is 13.0. The monoisotopic (exact) mass is 708 g/mol. The van der Waals surface area contributed by atoms with E-state index in [1.54, 1.807) is 24.3 Å². The molecular formula is C33H40O17. The zero-order valence-corrected chi connectivity index (χ0v) is 27.2. The Morgan fingerprint density at radius 2 is 1.42 bits per heavy atom. The second-order valence-electron chi connectivity index (χ2n) is 11.1. The second-order valence-corrected chi connectivity index (χ2v) is 11.1. The van der Waals surface area contributed by atoms with Crippen LogP contribution in [0.1, 0.15) is 11.1 Å². The first-order valence-electron chi connectivity index (χ1n) is 15.2. The largest absolute Gasteiger partial charge is 0.508 e. The van der Waals surface area contributed by atoms with E-state index in [4.69, 9.17) is 37.9 Å². The van der Waals surface area contributed by atoms with E-state index in [2.05, 4.69) is 0 Å². The van der Waals surface area contributed by atoms with E-state index in [9.17, 15) is 45.3 Å². The minimum Gasteiger partial charge on any atom is -0.508 e. The minimum absolute atomic E-state index is 0.0341. The first kappa shape index (κ1) is 38.5. The highest BCUT2D eigenvalue weighted by Crippen LogP contribution is 2.40. The van der Waals surface area contributed by atoms with Crippen molar-refractivity contribution >= 4 is 24.1 Å². The number of aliphatic hydroxyl groups excluding tert-OH is 6. The van der Waals surface area contributed by atoms with Gasteiger partial charge in [0.25, 0.3) is 0 Å². The van der Waals surface area contributed by atoms with Crippen molar-refractivity contribution in [1.82, 2.24) is 0 Å². The molecule has 2 aromatic rings. The summed E-state index contributed by atoms with van der Waals surface area (Å²) < 4.78 is 43.3. The SMILES string of the molecule is COc1cc(C=CC(=O)O[C@H]2[C@H](O)[C@@H](CO)O[C@@]2(CO)O[C@H]2O[C@H](COC(=O)C=Cc3ccc(O)cc3)[C@@H](O)[C@H](O)[C@H]2O)cc(OC)c1OC. The fourth-order valence-electron chi connectivity index (χ4n) is 5.25. The van der Waals surface area contributed by atoms with Crippen molar-refractivity contribution in [3.8, 4) is 23.0 Å². The summed E-state index contributed by atoms with van der Waals surface area (Å²) in [6.45, 7) is -2.57. The van der Waals surface area contributed by atoms with E-state index >= 15 is 0 Å². The molecule has 17 heteroatoms. The van der Waals surface area contributed by atoms with Gasteiger partial charge in [-0.05, 0) is 47.5 Å². The van der Waals surface area contributed by atoms with Gasteiger partial charge in [0, 0.05) is 12.2 Å². The number of aliphatic hydroxyl groups is 6. The lowest BCUT2D eigenvalue weighted by Crippen LogP contribution is -2.63. The van der Waals surface area contributed by atoms with Gasteiger partial charge in [0.05, 0.1) is 27.9 Å². The lowest BCUT2D eigenvalue weighted by molar-refractivity contribution is -0.383. The van der Waals surface area contributed by atoms with Crippen LogP contribution in [0, 0.1) is 0 Å². The van der Waals surface area contributed by atoms with Gasteiger partial charge in [0.15, 0.2) is 23.9 Å². The molecule has 0 aromatic heterocycles. The first-order valence-corrected chi connectivity index (χ1v) is 15.2. The van der Waals surface area contributed by atoms with Crippen molar-refractivity contribution in [1.29, 1.82) is 0 Å². The van der Waals surface area contributed by atoms with Crippen LogP contribution in [0.25, 0.3) is 12.2 Å². The molecule has 7 N–H and O–H groups in total. The maximum Gasteiger partial charge on any atom is 0.331 e. The number of hydrogen-bond acceptors (Lipinski definition) is 17. The first-order chi connectivity index (χ1) is 23.9. The van der Waals surface area contributed by atoms with Gasteiger partial charge in [-0.3, -0.25) is 0 Å². The van der Waals surface area contributed by atoms with Crippen molar-refractivity contribution in [2.24, 2.45) is 0 Å². The molecule has 2 saturated heterocycles. The fourth-order valence-corrected chi connectivity index (χ4v) is 5.25. The Hall–Kier alpha value is -4.30. The maximum absolute atomic E-state index is 13.0. The summed E-state index contributed by atoms with van der Waals surface area (Å²) in [6, 6.07) is 9.01. The van der Waals surface area contributed by atoms with Gasteiger partial charge in [-0.25, -0.2) is 9.59 Å². The molecule has 2 aromatic carbocycles. The molecule has 0 saturated carbocycles. The van der Waals surface area contributed by atoms with Crippen molar-refractivity contribution < 1.29 is 83.2 Å². The molecule has 0 aliphatic carbocycles. The molecule has 4 rings (SSSR count). The Morgan fingerprint density at radius 3 is 2.00 bits per heavy atom. The topological polar surface area (TPSA) is 250 Å². The van der Waals surface area contributed by atoms with Gasteiger partial charge in [-0.2, -0.15) is 0 Å². The zero-order valence-electron chi connectivity index (χ0n) is 27.2. The molecule has 0 unspecified atom stereocenters. The third kappa shape index (κ3) is 8.70. The highest BCUT2D eigenvalue weighted by Gasteiger charge is 2.60. The highest BCUT2D eigenvalue weighted by atomic mass is 16.8. The predicted molar refractivity (Wildman–Crippen MR) is 169 cm³/mol. The van der Waals surface area contributed by atoms with Crippen molar-refractivity contribution in [3.05, 3.63) is 59.7 Å². The number of carbonyl (C=O) groups excluding carboxylic acids is 2. The minimum atomic E-state index is -2.47. The number of hydrogen-bond donors (Lipinski definition) is 7. The number of esters is 2. The van der Waals surface area contributed by atoms with Crippen LogP contribution in [0.3, 0.4) is 0 Å². The molecule has 2 aliphatic heterocycles. The fraction of sp³-hybridized carbons (Fsp3) is 0.455. The van der Waals surface area contributed by atoms with Gasteiger partial charge in [-0.1, -0.05) is 12.1 Å². The molecule has 2 aliphatic rings. The Kier molecular flexibility index (Phi) is 13.2. The summed E-state index contributed by atoms with van der Waals surface area (Å²) in [5, 5.41) is 72.3. The lowest BCUT2D eigenvalue weighted by atomic mass is 9.99. The number of aromatic hydroxyl groups is 1. The average Bonchev–Trinajstić information content (AvgIpc) is 3.39. The zero-order chi connectivity index (χ0) is 36.6. The van der Waals surface area contributed by atoms with Crippen LogP contribution in [-0.4, -0.2) is 144 Å². The van der Waals surface area contributed by atoms with Crippen molar-refractivity contribution in [2.75, 3.05) is 41.2 Å². The normalized spacial score (nSPS) is 29.6. The average molecular weight is 709 g/mol. The van der Waals surface area contributed by atoms with Crippen LogP contribution in [0.15, 0.2) is 48.6 Å². The quantitative estimate of drug-likeness (QED) is 0.0905. The number of carbonyl (C=O) groups is 2. The molecule has 50 heavy (non-hydrogen) atoms. The van der Waals surface area contributed by atoms with Crippen molar-refractivity contribution in [2.45, 2.75) is 54.8 Å². The highest BCUT2D eigenvalue weighted by molar-refractivity contribution is 5.88. The number of phenolic OH excluding ortho intramolecular Hbond substituents is 1. The molecule has 0 radical (unpaired) electrons. The lowest BCUT2D eigenvalue weighted by Gasteiger charge is -2.43. The van der Waals surface area contributed by atoms with Gasteiger partial charge in [-0.15, -0.1) is 0 Å². The summed E-state index contributed by atoms with van der Waals surface area (Å²) in [5.74, 6) is -3.44. The van der Waals surface area contributed by atoms with Crippen LogP contribution < -0.4 is 14.2 Å². The molecule has 2 fully saturated rings. The van der Waals surface area contributed by atoms with E-state index in [-0.39, 0.29) is 5.75 Å². The second kappa shape index (κ2) is 17.1. The Labute approximate surface area is 286 Å². The van der Waals surface area contributed by atoms with Crippen LogP contribution in [0.4, 0.5) is 0 Å². The number of rotatable bonds is 14. The summed E-state index contributed by atoms with van der Waals surface area (Å²) >= 11 is 0. The van der Waals surface area contributed by atoms with Gasteiger partial charge in [0.1, 0.15) is 55.6 Å². The predicted octanol–water partition coefficient (Wildman–Crippen LogP) is -1.14. The molecule has 9 atom stereocenters. The van der Waals surface area contributed by atoms with E-state index in [1.165, 1.54) is 45.6 Å². The number of ether oxygens (including phenoxy) is 8. The number of phenols is 1. The third-order valence-electron chi connectivity index (χ3n) is 7.90. The molecule has 0 spiro atoms. The van der Waals surface area contributed by atoms with E-state index in [0.717, 1.165) is 12.2 Å². The van der Waals surface area contributed by atoms with Crippen LogP contribution in [-0.2, 0) is 33.3 Å². The Balaban J connectivity index is 1.48. The smallest absolute Gasteiger partial charge is 0.331 e. The number of methoxy groups -OCH3 is 3. The van der Waals surface area contributed by atoms with E-state index < -0.39 is 86.6 Å². The summed E-state index contributed by atoms with van der Waals surface area (Å²) in [7, 11) is 4.24. The Morgan fingerprint density at radius 1 is 0.800 bits per heavy atom. The Bertz CT molecular complexity index is 1490. The molecule has 2 heterocycles. The number of benzene rings is 2. The molecule has 0 bridgehead atoms. The van der Waals surface area contributed by atoms with Crippen LogP contribution >= 0.6 is 0 Å². The van der Waals surface area contributed by atoms with E-state index in [1.807, 2.05) is 0 Å².